The van der Waals surface area contributed by atoms with Crippen LogP contribution < -0.4 is 10.6 Å². The number of hydrogen-bond donors (Lipinski definition) is 2. The molecule has 3 aliphatic rings. The molecule has 0 bridgehead atoms. The highest BCUT2D eigenvalue weighted by Gasteiger charge is 2.40. The van der Waals surface area contributed by atoms with E-state index in [1.165, 1.54) is 25.7 Å². The van der Waals surface area contributed by atoms with Crippen LogP contribution in [0.25, 0.3) is 0 Å². The number of amides is 1. The minimum atomic E-state index is 0. The highest BCUT2D eigenvalue weighted by atomic mass is 127. The second-order valence-electron chi connectivity index (χ2n) is 8.14. The molecule has 3 fully saturated rings. The molecule has 27 heavy (non-hydrogen) atoms. The van der Waals surface area contributed by atoms with Gasteiger partial charge in [0.15, 0.2) is 5.96 Å². The zero-order valence-corrected chi connectivity index (χ0v) is 19.0. The molecule has 2 atom stereocenters. The van der Waals surface area contributed by atoms with Crippen molar-refractivity contribution in [1.29, 1.82) is 0 Å². The predicted octanol–water partition coefficient (Wildman–Crippen LogP) is 1.76. The number of likely N-dealkylation sites (N-methyl/N-ethyl adjacent to an activating group) is 1. The normalized spacial score (nSPS) is 27.3. The fourth-order valence-corrected chi connectivity index (χ4v) is 4.14. The van der Waals surface area contributed by atoms with E-state index < -0.39 is 0 Å². The predicted molar refractivity (Wildman–Crippen MR) is 117 cm³/mol. The van der Waals surface area contributed by atoms with Gasteiger partial charge in [0, 0.05) is 45.8 Å². The first kappa shape index (κ1) is 22.7. The molecule has 2 unspecified atom stereocenters. The molecule has 2 heterocycles. The number of nitrogens with zero attached hydrogens (tertiary/aromatic N) is 2. The van der Waals surface area contributed by atoms with E-state index in [1.54, 1.807) is 19.0 Å². The van der Waals surface area contributed by atoms with Gasteiger partial charge in [-0.3, -0.25) is 4.79 Å². The number of ether oxygens (including phenoxy) is 2. The molecule has 3 rings (SSSR count). The third kappa shape index (κ3) is 6.74. The number of carbonyl (C=O) groups is 1. The molecule has 2 saturated heterocycles. The minimum absolute atomic E-state index is 0. The van der Waals surface area contributed by atoms with Crippen LogP contribution in [-0.4, -0.2) is 75.4 Å². The number of halogens is 1. The van der Waals surface area contributed by atoms with Crippen LogP contribution in [0, 0.1) is 5.92 Å². The fraction of sp³-hybridized carbons (Fsp3) is 0.895. The van der Waals surface area contributed by atoms with Crippen molar-refractivity contribution in [3.63, 3.8) is 0 Å². The molecule has 156 valence electrons. The maximum Gasteiger partial charge on any atom is 0.243 e. The largest absolute Gasteiger partial charge is 0.381 e. The molecule has 8 heteroatoms. The maximum absolute atomic E-state index is 11.9. The second kappa shape index (κ2) is 10.8. The highest BCUT2D eigenvalue weighted by Crippen LogP contribution is 2.39. The Balaban J connectivity index is 0.00000261. The summed E-state index contributed by atoms with van der Waals surface area (Å²) in [5.74, 6) is 1.27. The molecule has 1 saturated carbocycles. The highest BCUT2D eigenvalue weighted by molar-refractivity contribution is 14.0. The minimum Gasteiger partial charge on any atom is -0.381 e. The van der Waals surface area contributed by atoms with E-state index in [4.69, 9.17) is 9.47 Å². The molecular formula is C19H35IN4O3. The molecule has 0 radical (unpaired) electrons. The van der Waals surface area contributed by atoms with Gasteiger partial charge < -0.3 is 25.0 Å². The molecule has 1 aliphatic carbocycles. The van der Waals surface area contributed by atoms with E-state index in [0.29, 0.717) is 12.0 Å². The summed E-state index contributed by atoms with van der Waals surface area (Å²) in [6, 6.07) is 0.349. The summed E-state index contributed by atoms with van der Waals surface area (Å²) in [7, 11) is 3.52. The first-order valence-corrected chi connectivity index (χ1v) is 10.0. The molecule has 0 aromatic carbocycles. The van der Waals surface area contributed by atoms with E-state index in [2.05, 4.69) is 15.6 Å². The lowest BCUT2D eigenvalue weighted by Gasteiger charge is -2.39. The number of guanidine groups is 1. The van der Waals surface area contributed by atoms with Crippen molar-refractivity contribution in [2.45, 2.75) is 56.6 Å². The molecule has 2 aliphatic heterocycles. The summed E-state index contributed by atoms with van der Waals surface area (Å²) < 4.78 is 11.6. The summed E-state index contributed by atoms with van der Waals surface area (Å²) >= 11 is 0. The number of rotatable bonds is 5. The van der Waals surface area contributed by atoms with Crippen LogP contribution in [0.2, 0.25) is 0 Å². The van der Waals surface area contributed by atoms with Crippen molar-refractivity contribution in [2.75, 3.05) is 47.0 Å². The van der Waals surface area contributed by atoms with Crippen molar-refractivity contribution in [3.05, 3.63) is 0 Å². The van der Waals surface area contributed by atoms with Gasteiger partial charge in [0.25, 0.3) is 0 Å². The Morgan fingerprint density at radius 3 is 2.67 bits per heavy atom. The fourth-order valence-electron chi connectivity index (χ4n) is 4.14. The third-order valence-electron chi connectivity index (χ3n) is 5.80. The molecule has 7 nitrogen and oxygen atoms in total. The summed E-state index contributed by atoms with van der Waals surface area (Å²) in [5.41, 5.74) is 0.0692. The van der Waals surface area contributed by atoms with Crippen molar-refractivity contribution < 1.29 is 14.3 Å². The van der Waals surface area contributed by atoms with E-state index in [0.717, 1.165) is 51.6 Å². The van der Waals surface area contributed by atoms with Gasteiger partial charge in [0.1, 0.15) is 6.54 Å². The third-order valence-corrected chi connectivity index (χ3v) is 5.80. The number of nitrogens with one attached hydrogen (secondary N) is 2. The van der Waals surface area contributed by atoms with Gasteiger partial charge in [0.05, 0.1) is 12.2 Å². The van der Waals surface area contributed by atoms with Crippen LogP contribution in [-0.2, 0) is 14.3 Å². The lowest BCUT2D eigenvalue weighted by Crippen LogP contribution is -2.51. The van der Waals surface area contributed by atoms with Crippen LogP contribution in [0.4, 0.5) is 0 Å². The van der Waals surface area contributed by atoms with E-state index in [-0.39, 0.29) is 42.0 Å². The summed E-state index contributed by atoms with van der Waals surface area (Å²) in [6.45, 7) is 3.44. The molecule has 1 spiro atoms. The molecule has 0 aromatic rings. The zero-order chi connectivity index (χ0) is 18.4. The Bertz CT molecular complexity index is 503. The van der Waals surface area contributed by atoms with Crippen molar-refractivity contribution in [3.8, 4) is 0 Å². The van der Waals surface area contributed by atoms with Gasteiger partial charge in [-0.15, -0.1) is 24.0 Å². The quantitative estimate of drug-likeness (QED) is 0.346. The lowest BCUT2D eigenvalue weighted by molar-refractivity contribution is -0.127. The number of hydrogen-bond acceptors (Lipinski definition) is 4. The van der Waals surface area contributed by atoms with Crippen molar-refractivity contribution in [1.82, 2.24) is 15.5 Å². The van der Waals surface area contributed by atoms with Crippen LogP contribution in [0.15, 0.2) is 4.99 Å². The smallest absolute Gasteiger partial charge is 0.243 e. The van der Waals surface area contributed by atoms with Gasteiger partial charge in [-0.25, -0.2) is 4.99 Å². The Morgan fingerprint density at radius 2 is 2.00 bits per heavy atom. The van der Waals surface area contributed by atoms with Gasteiger partial charge in [-0.1, -0.05) is 12.8 Å². The first-order valence-electron chi connectivity index (χ1n) is 10.0. The van der Waals surface area contributed by atoms with Gasteiger partial charge in [-0.2, -0.15) is 0 Å². The van der Waals surface area contributed by atoms with Crippen LogP contribution in [0.1, 0.15) is 44.9 Å². The topological polar surface area (TPSA) is 75.2 Å². The number of aliphatic imine (C=N–C) groups is 1. The Hall–Kier alpha value is -0.610. The van der Waals surface area contributed by atoms with E-state index in [9.17, 15) is 4.79 Å². The van der Waals surface area contributed by atoms with E-state index >= 15 is 0 Å². The Morgan fingerprint density at radius 1 is 1.22 bits per heavy atom. The Kier molecular flexibility index (Phi) is 9.07. The van der Waals surface area contributed by atoms with E-state index in [1.807, 2.05) is 0 Å². The van der Waals surface area contributed by atoms with Gasteiger partial charge in [-0.05, 0) is 32.1 Å². The van der Waals surface area contributed by atoms with Crippen LogP contribution >= 0.6 is 24.0 Å². The lowest BCUT2D eigenvalue weighted by atomic mass is 9.89. The van der Waals surface area contributed by atoms with Crippen LogP contribution in [0.5, 0.6) is 0 Å². The average molecular weight is 494 g/mol. The standard InChI is InChI=1S/C19H34N4O3.HI/c1-23(2)17(24)13-21-18(20-12-15-5-9-25-14-15)22-16-6-10-26-19(11-16)7-3-4-8-19;/h15-16H,3-14H2,1-2H3,(H2,20,21,22);1H. The molecule has 0 aromatic heterocycles. The SMILES string of the molecule is CN(C)C(=O)CN=C(NCC1CCOC1)NC1CCOC2(CCCC2)C1.I. The zero-order valence-electron chi connectivity index (χ0n) is 16.7. The molecule has 2 N–H and O–H groups in total. The first-order chi connectivity index (χ1) is 12.6. The van der Waals surface area contributed by atoms with Gasteiger partial charge in [0.2, 0.25) is 5.91 Å². The van der Waals surface area contributed by atoms with Crippen LogP contribution in [0.3, 0.4) is 0 Å². The molecule has 1 amide bonds. The summed E-state index contributed by atoms with van der Waals surface area (Å²) in [5, 5.41) is 7.00. The molecular weight excluding hydrogens is 459 g/mol. The van der Waals surface area contributed by atoms with Gasteiger partial charge >= 0.3 is 0 Å². The summed E-state index contributed by atoms with van der Waals surface area (Å²) in [4.78, 5) is 18.0. The Labute approximate surface area is 180 Å². The van der Waals surface area contributed by atoms with Crippen molar-refractivity contribution in [2.24, 2.45) is 10.9 Å². The number of carbonyl (C=O) groups excluding carboxylic acids is 1. The summed E-state index contributed by atoms with van der Waals surface area (Å²) in [6.07, 6.45) is 7.97. The maximum atomic E-state index is 11.9. The second-order valence-corrected chi connectivity index (χ2v) is 8.14. The monoisotopic (exact) mass is 494 g/mol. The average Bonchev–Trinajstić information content (AvgIpc) is 3.29. The van der Waals surface area contributed by atoms with Crippen molar-refractivity contribution >= 4 is 35.8 Å².